The highest BCUT2D eigenvalue weighted by Crippen LogP contribution is 2.28. The maximum absolute atomic E-state index is 12.4. The zero-order valence-corrected chi connectivity index (χ0v) is 11.2. The van der Waals surface area contributed by atoms with Gasteiger partial charge in [0.05, 0.1) is 5.56 Å². The fourth-order valence-electron chi connectivity index (χ4n) is 1.75. The highest BCUT2D eigenvalue weighted by molar-refractivity contribution is 5.47. The molecule has 3 heteroatoms. The maximum Gasteiger partial charge on any atom is 0.416 e. The van der Waals surface area contributed by atoms with E-state index >= 15 is 0 Å². The molecular formula is C17H13F3. The summed E-state index contributed by atoms with van der Waals surface area (Å²) in [5, 5.41) is 0. The normalized spacial score (nSPS) is 10.8. The molecule has 20 heavy (non-hydrogen) atoms. The number of alkyl halides is 3. The predicted octanol–water partition coefficient (Wildman–Crippen LogP) is 4.72. The molecule has 0 spiro atoms. The van der Waals surface area contributed by atoms with Gasteiger partial charge in [-0.05, 0) is 55.3 Å². The van der Waals surface area contributed by atoms with E-state index in [1.54, 1.807) is 0 Å². The number of hydrogen-bond donors (Lipinski definition) is 0. The summed E-state index contributed by atoms with van der Waals surface area (Å²) < 4.78 is 37.3. The van der Waals surface area contributed by atoms with Crippen molar-refractivity contribution in [3.8, 4) is 11.8 Å². The first-order valence-electron chi connectivity index (χ1n) is 6.13. The first-order chi connectivity index (χ1) is 9.36. The molecule has 2 aromatic carbocycles. The lowest BCUT2D eigenvalue weighted by Crippen LogP contribution is -2.04. The Labute approximate surface area is 116 Å². The van der Waals surface area contributed by atoms with Crippen molar-refractivity contribution in [2.75, 3.05) is 0 Å². The summed E-state index contributed by atoms with van der Waals surface area (Å²) in [7, 11) is 0. The predicted molar refractivity (Wildman–Crippen MR) is 73.3 cm³/mol. The van der Waals surface area contributed by atoms with E-state index in [0.717, 1.165) is 28.8 Å². The van der Waals surface area contributed by atoms with Crippen LogP contribution in [0.25, 0.3) is 0 Å². The number of rotatable bonds is 0. The van der Waals surface area contributed by atoms with Crippen LogP contribution >= 0.6 is 0 Å². The van der Waals surface area contributed by atoms with Gasteiger partial charge in [-0.2, -0.15) is 13.2 Å². The van der Waals surface area contributed by atoms with Crippen LogP contribution in [0.5, 0.6) is 0 Å². The van der Waals surface area contributed by atoms with Gasteiger partial charge in [0.25, 0.3) is 0 Å². The standard InChI is InChI=1S/C17H13F3/c1-12-3-4-13(2)15(11-12)8-5-14-6-9-16(10-7-14)17(18,19)20/h3-4,6-7,9-11H,1-2H3. The molecular weight excluding hydrogens is 261 g/mol. The molecule has 0 bridgehead atoms. The molecule has 0 nitrogen and oxygen atoms in total. The van der Waals surface area contributed by atoms with E-state index in [9.17, 15) is 13.2 Å². The van der Waals surface area contributed by atoms with Crippen LogP contribution in [-0.2, 0) is 6.18 Å². The first kappa shape index (κ1) is 14.2. The van der Waals surface area contributed by atoms with Gasteiger partial charge < -0.3 is 0 Å². The third-order valence-corrected chi connectivity index (χ3v) is 2.95. The fourth-order valence-corrected chi connectivity index (χ4v) is 1.75. The molecule has 0 aromatic heterocycles. The Morgan fingerprint density at radius 3 is 2.10 bits per heavy atom. The molecule has 2 aromatic rings. The Balaban J connectivity index is 2.27. The molecule has 0 aliphatic carbocycles. The Kier molecular flexibility index (Phi) is 3.85. The van der Waals surface area contributed by atoms with E-state index in [4.69, 9.17) is 0 Å². The topological polar surface area (TPSA) is 0 Å². The molecule has 0 N–H and O–H groups in total. The van der Waals surface area contributed by atoms with E-state index in [-0.39, 0.29) is 0 Å². The van der Waals surface area contributed by atoms with Gasteiger partial charge in [-0.1, -0.05) is 24.0 Å². The summed E-state index contributed by atoms with van der Waals surface area (Å²) in [4.78, 5) is 0. The van der Waals surface area contributed by atoms with Gasteiger partial charge in [0.1, 0.15) is 0 Å². The second-order valence-corrected chi connectivity index (χ2v) is 4.64. The molecule has 0 saturated carbocycles. The number of hydrogen-bond acceptors (Lipinski definition) is 0. The van der Waals surface area contributed by atoms with Gasteiger partial charge in [-0.15, -0.1) is 0 Å². The summed E-state index contributed by atoms with van der Waals surface area (Å²) >= 11 is 0. The van der Waals surface area contributed by atoms with Crippen LogP contribution in [-0.4, -0.2) is 0 Å². The van der Waals surface area contributed by atoms with Crippen LogP contribution in [0.3, 0.4) is 0 Å². The minimum absolute atomic E-state index is 0.568. The van der Waals surface area contributed by atoms with E-state index in [0.29, 0.717) is 5.56 Å². The Morgan fingerprint density at radius 1 is 0.850 bits per heavy atom. The van der Waals surface area contributed by atoms with Crippen molar-refractivity contribution in [2.24, 2.45) is 0 Å². The van der Waals surface area contributed by atoms with Gasteiger partial charge in [-0.25, -0.2) is 0 Å². The lowest BCUT2D eigenvalue weighted by Gasteiger charge is -2.05. The molecule has 0 atom stereocenters. The SMILES string of the molecule is Cc1ccc(C)c(C#Cc2ccc(C(F)(F)F)cc2)c1. The molecule has 0 unspecified atom stereocenters. The molecule has 2 rings (SSSR count). The summed E-state index contributed by atoms with van der Waals surface area (Å²) in [6, 6.07) is 10.8. The van der Waals surface area contributed by atoms with Gasteiger partial charge in [0.2, 0.25) is 0 Å². The first-order valence-corrected chi connectivity index (χ1v) is 6.13. The number of aryl methyl sites for hydroxylation is 2. The van der Waals surface area contributed by atoms with E-state index in [1.807, 2.05) is 32.0 Å². The fraction of sp³-hybridized carbons (Fsp3) is 0.176. The number of halogens is 3. The second-order valence-electron chi connectivity index (χ2n) is 4.64. The summed E-state index contributed by atoms with van der Waals surface area (Å²) in [6.07, 6.45) is -4.31. The van der Waals surface area contributed by atoms with Gasteiger partial charge in [-0.3, -0.25) is 0 Å². The third-order valence-electron chi connectivity index (χ3n) is 2.95. The van der Waals surface area contributed by atoms with Crippen molar-refractivity contribution in [1.82, 2.24) is 0 Å². The van der Waals surface area contributed by atoms with Crippen molar-refractivity contribution in [3.05, 3.63) is 70.3 Å². The Morgan fingerprint density at radius 2 is 1.50 bits per heavy atom. The number of benzene rings is 2. The highest BCUT2D eigenvalue weighted by atomic mass is 19.4. The van der Waals surface area contributed by atoms with Gasteiger partial charge >= 0.3 is 6.18 Å². The minimum Gasteiger partial charge on any atom is -0.166 e. The van der Waals surface area contributed by atoms with Crippen molar-refractivity contribution < 1.29 is 13.2 Å². The summed E-state index contributed by atoms with van der Waals surface area (Å²) in [5.74, 6) is 5.89. The quantitative estimate of drug-likeness (QED) is 0.610. The monoisotopic (exact) mass is 274 g/mol. The van der Waals surface area contributed by atoms with Gasteiger partial charge in [0, 0.05) is 11.1 Å². The second kappa shape index (κ2) is 5.42. The van der Waals surface area contributed by atoms with Crippen LogP contribution in [0.4, 0.5) is 13.2 Å². The Bertz CT molecular complexity index is 668. The Hall–Kier alpha value is -2.21. The van der Waals surface area contributed by atoms with Crippen LogP contribution in [0.2, 0.25) is 0 Å². The van der Waals surface area contributed by atoms with Crippen molar-refractivity contribution in [3.63, 3.8) is 0 Å². The van der Waals surface area contributed by atoms with E-state index in [2.05, 4.69) is 11.8 Å². The van der Waals surface area contributed by atoms with Crippen molar-refractivity contribution in [2.45, 2.75) is 20.0 Å². The average molecular weight is 274 g/mol. The lowest BCUT2D eigenvalue weighted by atomic mass is 10.1. The molecule has 102 valence electrons. The zero-order chi connectivity index (χ0) is 14.8. The molecule has 0 amide bonds. The molecule has 0 radical (unpaired) electrons. The molecule has 0 saturated heterocycles. The molecule has 0 heterocycles. The van der Waals surface area contributed by atoms with Crippen molar-refractivity contribution >= 4 is 0 Å². The van der Waals surface area contributed by atoms with E-state index in [1.165, 1.54) is 12.1 Å². The average Bonchev–Trinajstić information content (AvgIpc) is 2.39. The summed E-state index contributed by atoms with van der Waals surface area (Å²) in [6.45, 7) is 3.93. The van der Waals surface area contributed by atoms with Crippen LogP contribution in [0.15, 0.2) is 42.5 Å². The largest absolute Gasteiger partial charge is 0.416 e. The van der Waals surface area contributed by atoms with E-state index < -0.39 is 11.7 Å². The molecule has 0 aliphatic rings. The third kappa shape index (κ3) is 3.42. The molecule has 0 fully saturated rings. The van der Waals surface area contributed by atoms with Crippen LogP contribution in [0.1, 0.15) is 27.8 Å². The highest BCUT2D eigenvalue weighted by Gasteiger charge is 2.29. The zero-order valence-electron chi connectivity index (χ0n) is 11.2. The minimum atomic E-state index is -4.31. The van der Waals surface area contributed by atoms with Crippen molar-refractivity contribution in [1.29, 1.82) is 0 Å². The maximum atomic E-state index is 12.4. The summed E-state index contributed by atoms with van der Waals surface area (Å²) in [5.41, 5.74) is 2.96. The van der Waals surface area contributed by atoms with Crippen LogP contribution < -0.4 is 0 Å². The lowest BCUT2D eigenvalue weighted by molar-refractivity contribution is -0.137. The molecule has 0 aliphatic heterocycles. The van der Waals surface area contributed by atoms with Gasteiger partial charge in [0.15, 0.2) is 0 Å². The van der Waals surface area contributed by atoms with Crippen LogP contribution in [0, 0.1) is 25.7 Å². The smallest absolute Gasteiger partial charge is 0.166 e.